The molecular formula is C25H29ClN6O6. The molecule has 2 unspecified atom stereocenters. The van der Waals surface area contributed by atoms with E-state index >= 15 is 0 Å². The fourth-order valence-corrected chi connectivity index (χ4v) is 7.46. The lowest BCUT2D eigenvalue weighted by molar-refractivity contribution is -0.389. The lowest BCUT2D eigenvalue weighted by Gasteiger charge is -2.61. The molecule has 4 saturated carbocycles. The van der Waals surface area contributed by atoms with E-state index in [1.807, 2.05) is 0 Å². The maximum absolute atomic E-state index is 12.9. The van der Waals surface area contributed by atoms with Crippen molar-refractivity contribution >= 4 is 35.1 Å². The molecule has 1 aromatic heterocycles. The van der Waals surface area contributed by atoms with E-state index in [2.05, 4.69) is 10.3 Å². The zero-order valence-electron chi connectivity index (χ0n) is 20.9. The van der Waals surface area contributed by atoms with Gasteiger partial charge in [-0.25, -0.2) is 4.79 Å². The van der Waals surface area contributed by atoms with Crippen molar-refractivity contribution < 1.29 is 24.1 Å². The summed E-state index contributed by atoms with van der Waals surface area (Å²) in [6, 6.07) is 6.46. The number of halogens is 1. The molecule has 4 N–H and O–H groups in total. The van der Waals surface area contributed by atoms with E-state index < -0.39 is 22.3 Å². The van der Waals surface area contributed by atoms with Crippen LogP contribution in [0.4, 0.5) is 5.82 Å². The van der Waals surface area contributed by atoms with Gasteiger partial charge in [0.15, 0.2) is 17.5 Å². The summed E-state index contributed by atoms with van der Waals surface area (Å²) in [7, 11) is 0. The summed E-state index contributed by atoms with van der Waals surface area (Å²) in [4.78, 5) is 39.9. The predicted octanol–water partition coefficient (Wildman–Crippen LogP) is 3.17. The Morgan fingerprint density at radius 2 is 1.87 bits per heavy atom. The van der Waals surface area contributed by atoms with E-state index in [1.165, 1.54) is 0 Å². The number of hydrogen-bond donors (Lipinski definition) is 2. The number of aromatic nitrogens is 2. The standard InChI is InChI=1S/C25H29ClN6O6/c1-14-21(26)23(32(35)36)29-31(14)25-9-15-6-16(10-25)8-24(7-15,13-25)11-20(34)38-30-22(28)17-2-4-18(5-3-17)37-12-19(27)33/h2-5,15-16H,6-13H2,1H3,(H2,27,33)(H2,28,30). The minimum atomic E-state index is -0.586. The average molecular weight is 545 g/mol. The Labute approximate surface area is 223 Å². The number of primary amides is 1. The second-order valence-corrected chi connectivity index (χ2v) is 11.4. The highest BCUT2D eigenvalue weighted by Crippen LogP contribution is 2.65. The van der Waals surface area contributed by atoms with Crippen molar-refractivity contribution in [2.75, 3.05) is 6.61 Å². The maximum Gasteiger partial charge on any atom is 0.408 e. The van der Waals surface area contributed by atoms with Gasteiger partial charge < -0.3 is 31.2 Å². The quantitative estimate of drug-likeness (QED) is 0.159. The number of oxime groups is 1. The van der Waals surface area contributed by atoms with Gasteiger partial charge >= 0.3 is 11.8 Å². The highest BCUT2D eigenvalue weighted by atomic mass is 35.5. The molecular weight excluding hydrogens is 516 g/mol. The van der Waals surface area contributed by atoms with Crippen LogP contribution in [0.25, 0.3) is 0 Å². The van der Waals surface area contributed by atoms with Crippen LogP contribution in [0.3, 0.4) is 0 Å². The van der Waals surface area contributed by atoms with Crippen molar-refractivity contribution in [3.63, 3.8) is 0 Å². The van der Waals surface area contributed by atoms with Crippen molar-refractivity contribution in [3.05, 3.63) is 50.7 Å². The van der Waals surface area contributed by atoms with E-state index in [9.17, 15) is 19.7 Å². The Hall–Kier alpha value is -3.67. The second kappa shape index (κ2) is 9.57. The molecule has 0 aliphatic heterocycles. The molecule has 38 heavy (non-hydrogen) atoms. The largest absolute Gasteiger partial charge is 0.484 e. The third-order valence-corrected chi connectivity index (χ3v) is 8.54. The van der Waals surface area contributed by atoms with Gasteiger partial charge in [0.25, 0.3) is 5.91 Å². The maximum atomic E-state index is 12.9. The SMILES string of the molecule is Cc1c(Cl)c([N+](=O)[O-])nn1C12CC3CC(CC(CC(=O)O/N=C(\N)c4ccc(OCC(N)=O)cc4)(C3)C1)C2. The molecule has 0 spiro atoms. The van der Waals surface area contributed by atoms with Crippen LogP contribution in [0, 0.1) is 34.3 Å². The molecule has 0 radical (unpaired) electrons. The molecule has 202 valence electrons. The Morgan fingerprint density at radius 1 is 1.21 bits per heavy atom. The normalized spacial score (nSPS) is 27.8. The second-order valence-electron chi connectivity index (χ2n) is 11.0. The number of benzene rings is 1. The Kier molecular flexibility index (Phi) is 6.54. The zero-order chi connectivity index (χ0) is 27.2. The van der Waals surface area contributed by atoms with Gasteiger partial charge in [-0.2, -0.15) is 4.68 Å². The first-order valence-corrected chi connectivity index (χ1v) is 12.8. The number of rotatable bonds is 9. The van der Waals surface area contributed by atoms with Crippen LogP contribution in [-0.2, 0) is 20.0 Å². The number of hydrogen-bond acceptors (Lipinski definition) is 8. The Balaban J connectivity index is 1.29. The lowest BCUT2D eigenvalue weighted by atomic mass is 9.46. The van der Waals surface area contributed by atoms with Crippen LogP contribution < -0.4 is 16.2 Å². The fourth-order valence-electron chi connectivity index (χ4n) is 7.27. The smallest absolute Gasteiger partial charge is 0.408 e. The van der Waals surface area contributed by atoms with E-state index in [4.69, 9.17) is 32.6 Å². The summed E-state index contributed by atoms with van der Waals surface area (Å²) >= 11 is 6.28. The van der Waals surface area contributed by atoms with Gasteiger partial charge in [-0.1, -0.05) is 16.8 Å². The third kappa shape index (κ3) is 4.80. The molecule has 13 heteroatoms. The molecule has 2 aromatic rings. The van der Waals surface area contributed by atoms with Gasteiger partial charge in [-0.15, -0.1) is 0 Å². The van der Waals surface area contributed by atoms with E-state index in [0.29, 0.717) is 35.3 Å². The van der Waals surface area contributed by atoms with Gasteiger partial charge in [0.1, 0.15) is 5.75 Å². The Bertz CT molecular complexity index is 1310. The van der Waals surface area contributed by atoms with E-state index in [0.717, 1.165) is 32.1 Å². The summed E-state index contributed by atoms with van der Waals surface area (Å²) in [6.07, 6.45) is 5.43. The van der Waals surface area contributed by atoms with Crippen LogP contribution in [0.1, 0.15) is 56.2 Å². The average Bonchev–Trinajstić information content (AvgIpc) is 3.15. The molecule has 1 amide bonds. The number of carbonyl (C=O) groups is 2. The molecule has 4 aliphatic rings. The molecule has 4 fully saturated rings. The monoisotopic (exact) mass is 544 g/mol. The van der Waals surface area contributed by atoms with Crippen LogP contribution in [-0.4, -0.2) is 39.0 Å². The number of ether oxygens (including phenoxy) is 1. The van der Waals surface area contributed by atoms with Crippen molar-refractivity contribution in [1.82, 2.24) is 9.78 Å². The molecule has 12 nitrogen and oxygen atoms in total. The summed E-state index contributed by atoms with van der Waals surface area (Å²) in [5.74, 6) is -0.137. The van der Waals surface area contributed by atoms with E-state index in [-0.39, 0.29) is 35.1 Å². The van der Waals surface area contributed by atoms with Gasteiger partial charge in [0.05, 0.1) is 22.8 Å². The number of amides is 1. The van der Waals surface area contributed by atoms with Crippen LogP contribution in [0.2, 0.25) is 5.02 Å². The first kappa shape index (κ1) is 26.0. The minimum Gasteiger partial charge on any atom is -0.484 e. The van der Waals surface area contributed by atoms with Crippen LogP contribution in [0.5, 0.6) is 5.75 Å². The molecule has 4 bridgehead atoms. The van der Waals surface area contributed by atoms with Gasteiger partial charge in [0, 0.05) is 5.56 Å². The number of nitro groups is 1. The topological polar surface area (TPSA) is 178 Å². The van der Waals surface area contributed by atoms with Crippen LogP contribution >= 0.6 is 11.6 Å². The summed E-state index contributed by atoms with van der Waals surface area (Å²) in [5.41, 5.74) is 11.5. The number of amidine groups is 1. The predicted molar refractivity (Wildman–Crippen MR) is 136 cm³/mol. The molecule has 1 heterocycles. The van der Waals surface area contributed by atoms with Crippen molar-refractivity contribution in [2.24, 2.45) is 33.9 Å². The number of carbonyl (C=O) groups excluding carboxylic acids is 2. The first-order valence-electron chi connectivity index (χ1n) is 12.4. The molecule has 1 aromatic carbocycles. The van der Waals surface area contributed by atoms with Gasteiger partial charge in [-0.3, -0.25) is 4.79 Å². The molecule has 4 aliphatic carbocycles. The highest BCUT2D eigenvalue weighted by Gasteiger charge is 2.61. The number of nitrogens with zero attached hydrogens (tertiary/aromatic N) is 4. The van der Waals surface area contributed by atoms with Crippen LogP contribution in [0.15, 0.2) is 29.4 Å². The zero-order valence-corrected chi connectivity index (χ0v) is 21.6. The van der Waals surface area contributed by atoms with E-state index in [1.54, 1.807) is 35.9 Å². The summed E-state index contributed by atoms with van der Waals surface area (Å²) in [5, 5.41) is 19.7. The Morgan fingerprint density at radius 3 is 2.45 bits per heavy atom. The summed E-state index contributed by atoms with van der Waals surface area (Å²) < 4.78 is 6.98. The van der Waals surface area contributed by atoms with Crippen molar-refractivity contribution in [3.8, 4) is 5.75 Å². The van der Waals surface area contributed by atoms with Crippen molar-refractivity contribution in [2.45, 2.75) is 57.4 Å². The third-order valence-electron chi connectivity index (χ3n) is 8.10. The molecule has 2 atom stereocenters. The van der Waals surface area contributed by atoms with Gasteiger partial charge in [0.2, 0.25) is 0 Å². The molecule has 0 saturated heterocycles. The number of nitrogens with two attached hydrogens (primary N) is 2. The fraction of sp³-hybridized carbons (Fsp3) is 0.520. The van der Waals surface area contributed by atoms with Gasteiger partial charge in [-0.05, 0) is 91.9 Å². The molecule has 6 rings (SSSR count). The van der Waals surface area contributed by atoms with Crippen molar-refractivity contribution in [1.29, 1.82) is 0 Å². The minimum absolute atomic E-state index is 0.0240. The summed E-state index contributed by atoms with van der Waals surface area (Å²) in [6.45, 7) is 1.52. The highest BCUT2D eigenvalue weighted by molar-refractivity contribution is 6.33. The first-order chi connectivity index (χ1) is 18.0. The lowest BCUT2D eigenvalue weighted by Crippen LogP contribution is -2.57.